The number of ether oxygens (including phenoxy) is 3. The first kappa shape index (κ1) is 24.1. The van der Waals surface area contributed by atoms with Crippen LogP contribution in [-0.2, 0) is 14.2 Å². The van der Waals surface area contributed by atoms with E-state index in [4.69, 9.17) is 25.7 Å². The third kappa shape index (κ3) is 4.54. The molecular formula is C25H23FN6O5. The zero-order valence-corrected chi connectivity index (χ0v) is 19.7. The molecule has 0 bridgehead atoms. The molecule has 2 aromatic carbocycles. The second kappa shape index (κ2) is 9.47. The van der Waals surface area contributed by atoms with Gasteiger partial charge in [0.15, 0.2) is 30.0 Å². The van der Waals surface area contributed by atoms with Crippen LogP contribution in [0.2, 0.25) is 0 Å². The van der Waals surface area contributed by atoms with Gasteiger partial charge < -0.3 is 25.7 Å². The average molecular weight is 506 g/mol. The number of hydrogen-bond donors (Lipinski definition) is 2. The van der Waals surface area contributed by atoms with Crippen molar-refractivity contribution in [2.24, 2.45) is 0 Å². The lowest BCUT2D eigenvalue weighted by atomic mass is 9.98. The number of aromatic nitrogens is 4. The molecule has 37 heavy (non-hydrogen) atoms. The van der Waals surface area contributed by atoms with Crippen LogP contribution in [0.15, 0.2) is 67.0 Å². The lowest BCUT2D eigenvalue weighted by molar-refractivity contribution is -0.120. The Balaban J connectivity index is 1.47. The van der Waals surface area contributed by atoms with Crippen molar-refractivity contribution in [3.05, 3.63) is 78.1 Å². The number of hydrogen-bond acceptors (Lipinski definition) is 10. The fourth-order valence-electron chi connectivity index (χ4n) is 4.18. The van der Waals surface area contributed by atoms with Crippen LogP contribution in [0.5, 0.6) is 0 Å². The highest BCUT2D eigenvalue weighted by Crippen LogP contribution is 2.42. The monoisotopic (exact) mass is 506 g/mol. The summed E-state index contributed by atoms with van der Waals surface area (Å²) in [5, 5.41) is 0. The molecule has 4 aromatic rings. The normalized spacial score (nSPS) is 23.1. The van der Waals surface area contributed by atoms with Crippen LogP contribution in [0.4, 0.5) is 16.2 Å². The molecule has 0 unspecified atom stereocenters. The number of rotatable bonds is 6. The number of fused-ring (bicyclic) bond motifs is 1. The SMILES string of the molecule is C[C@]1(COC(=O)c2ccccc2)O[C@@H](n2cnc3c(N)nc(N)nc32)[C@@H](F)[C@@H]1OC(=O)c1ccccc1. The third-order valence-corrected chi connectivity index (χ3v) is 6.04. The quantitative estimate of drug-likeness (QED) is 0.373. The number of esters is 2. The van der Waals surface area contributed by atoms with Crippen molar-refractivity contribution in [3.63, 3.8) is 0 Å². The Morgan fingerprint density at radius 2 is 1.65 bits per heavy atom. The van der Waals surface area contributed by atoms with Gasteiger partial charge in [0.25, 0.3) is 0 Å². The van der Waals surface area contributed by atoms with Gasteiger partial charge in [0, 0.05) is 0 Å². The van der Waals surface area contributed by atoms with Crippen LogP contribution < -0.4 is 11.5 Å². The van der Waals surface area contributed by atoms with Crippen LogP contribution in [-0.4, -0.2) is 55.9 Å². The average Bonchev–Trinajstić information content (AvgIpc) is 3.43. The van der Waals surface area contributed by atoms with Crippen molar-refractivity contribution >= 4 is 34.9 Å². The maximum absolute atomic E-state index is 16.1. The smallest absolute Gasteiger partial charge is 0.338 e. The molecule has 1 aliphatic heterocycles. The van der Waals surface area contributed by atoms with Gasteiger partial charge in [-0.1, -0.05) is 36.4 Å². The number of benzene rings is 2. The number of nitrogens with zero attached hydrogens (tertiary/aromatic N) is 4. The van der Waals surface area contributed by atoms with E-state index in [0.717, 1.165) is 0 Å². The molecule has 5 rings (SSSR count). The van der Waals surface area contributed by atoms with Crippen LogP contribution in [0.3, 0.4) is 0 Å². The van der Waals surface area contributed by atoms with Gasteiger partial charge >= 0.3 is 11.9 Å². The Bertz CT molecular complexity index is 1450. The molecule has 4 atom stereocenters. The molecule has 0 spiro atoms. The fourth-order valence-corrected chi connectivity index (χ4v) is 4.18. The number of alkyl halides is 1. The van der Waals surface area contributed by atoms with E-state index in [0.29, 0.717) is 5.56 Å². The number of carbonyl (C=O) groups is 2. The molecule has 1 fully saturated rings. The highest BCUT2D eigenvalue weighted by molar-refractivity contribution is 5.90. The topological polar surface area (TPSA) is 157 Å². The van der Waals surface area contributed by atoms with E-state index < -0.39 is 42.7 Å². The van der Waals surface area contributed by atoms with Gasteiger partial charge in [-0.25, -0.2) is 19.0 Å². The first-order valence-corrected chi connectivity index (χ1v) is 11.3. The van der Waals surface area contributed by atoms with Crippen molar-refractivity contribution in [1.82, 2.24) is 19.5 Å². The number of nitrogen functional groups attached to an aromatic ring is 2. The zero-order valence-electron chi connectivity index (χ0n) is 19.7. The van der Waals surface area contributed by atoms with E-state index in [9.17, 15) is 9.59 Å². The van der Waals surface area contributed by atoms with E-state index in [1.807, 2.05) is 0 Å². The van der Waals surface area contributed by atoms with Crippen LogP contribution >= 0.6 is 0 Å². The van der Waals surface area contributed by atoms with Gasteiger partial charge in [0.1, 0.15) is 17.7 Å². The molecule has 2 aromatic heterocycles. The minimum atomic E-state index is -1.90. The van der Waals surface area contributed by atoms with Crippen LogP contribution in [0.1, 0.15) is 33.9 Å². The Labute approximate surface area is 210 Å². The Hall–Kier alpha value is -4.58. The van der Waals surface area contributed by atoms with E-state index in [-0.39, 0.29) is 28.5 Å². The van der Waals surface area contributed by atoms with Gasteiger partial charge in [-0.2, -0.15) is 9.97 Å². The summed E-state index contributed by atoms with van der Waals surface area (Å²) >= 11 is 0. The molecule has 0 amide bonds. The van der Waals surface area contributed by atoms with E-state index in [1.165, 1.54) is 17.8 Å². The molecule has 11 nitrogen and oxygen atoms in total. The van der Waals surface area contributed by atoms with Gasteiger partial charge in [-0.05, 0) is 31.2 Å². The van der Waals surface area contributed by atoms with Crippen LogP contribution in [0, 0.1) is 0 Å². The van der Waals surface area contributed by atoms with Crippen molar-refractivity contribution < 1.29 is 28.2 Å². The minimum absolute atomic E-state index is 0.0151. The van der Waals surface area contributed by atoms with Gasteiger partial charge in [0.05, 0.1) is 17.5 Å². The number of anilines is 2. The van der Waals surface area contributed by atoms with Crippen molar-refractivity contribution in [2.75, 3.05) is 18.1 Å². The highest BCUT2D eigenvalue weighted by Gasteiger charge is 2.57. The maximum Gasteiger partial charge on any atom is 0.338 e. The molecule has 12 heteroatoms. The number of nitrogens with two attached hydrogens (primary N) is 2. The highest BCUT2D eigenvalue weighted by atomic mass is 19.1. The molecule has 0 aliphatic carbocycles. The van der Waals surface area contributed by atoms with Crippen LogP contribution in [0.25, 0.3) is 11.2 Å². The lowest BCUT2D eigenvalue weighted by Gasteiger charge is -2.29. The summed E-state index contributed by atoms with van der Waals surface area (Å²) in [7, 11) is 0. The molecule has 1 aliphatic rings. The summed E-state index contributed by atoms with van der Waals surface area (Å²) in [5.74, 6) is -1.52. The number of carbonyl (C=O) groups excluding carboxylic acids is 2. The Morgan fingerprint density at radius 1 is 1.03 bits per heavy atom. The summed E-state index contributed by atoms with van der Waals surface area (Å²) in [6.45, 7) is 1.09. The van der Waals surface area contributed by atoms with Gasteiger partial charge in [-0.3, -0.25) is 4.57 Å². The lowest BCUT2D eigenvalue weighted by Crippen LogP contribution is -2.46. The second-order valence-corrected chi connectivity index (χ2v) is 8.69. The van der Waals surface area contributed by atoms with Gasteiger partial charge in [-0.15, -0.1) is 0 Å². The molecule has 190 valence electrons. The number of imidazole rings is 1. The predicted octanol–water partition coefficient (Wildman–Crippen LogP) is 2.70. The molecule has 4 N–H and O–H groups in total. The third-order valence-electron chi connectivity index (χ3n) is 6.04. The standard InChI is InChI=1S/C25H23FN6O5/c1-25(12-35-22(33)14-8-4-2-5-9-14)18(36-23(34)15-10-6-3-7-11-15)16(26)21(37-25)32-13-29-17-19(27)30-24(28)31-20(17)32/h2-11,13,16,18,21H,12H2,1H3,(H4,27,28,30,31)/t16-,18-,21+,25+/m0/s1. The number of halogens is 1. The predicted molar refractivity (Wildman–Crippen MR) is 130 cm³/mol. The molecule has 3 heterocycles. The van der Waals surface area contributed by atoms with E-state index >= 15 is 4.39 Å². The van der Waals surface area contributed by atoms with Crippen molar-refractivity contribution in [1.29, 1.82) is 0 Å². The molecule has 0 saturated carbocycles. The fraction of sp³-hybridized carbons (Fsp3) is 0.240. The van der Waals surface area contributed by atoms with Gasteiger partial charge in [0.2, 0.25) is 5.95 Å². The summed E-state index contributed by atoms with van der Waals surface area (Å²) < 4.78 is 34.5. The summed E-state index contributed by atoms with van der Waals surface area (Å²) in [6.07, 6.45) is -3.43. The first-order valence-electron chi connectivity index (χ1n) is 11.3. The second-order valence-electron chi connectivity index (χ2n) is 8.69. The minimum Gasteiger partial charge on any atom is -0.459 e. The Morgan fingerprint density at radius 3 is 2.30 bits per heavy atom. The largest absolute Gasteiger partial charge is 0.459 e. The zero-order chi connectivity index (χ0) is 26.2. The Kier molecular flexibility index (Phi) is 6.17. The maximum atomic E-state index is 16.1. The summed E-state index contributed by atoms with van der Waals surface area (Å²) in [5.41, 5.74) is 10.9. The summed E-state index contributed by atoms with van der Waals surface area (Å²) in [6, 6.07) is 16.4. The van der Waals surface area contributed by atoms with Crippen molar-refractivity contribution in [2.45, 2.75) is 31.0 Å². The van der Waals surface area contributed by atoms with E-state index in [1.54, 1.807) is 60.7 Å². The molecular weight excluding hydrogens is 483 g/mol. The first-order chi connectivity index (χ1) is 17.8. The molecule has 1 saturated heterocycles. The molecule has 0 radical (unpaired) electrons. The summed E-state index contributed by atoms with van der Waals surface area (Å²) in [4.78, 5) is 37.6. The van der Waals surface area contributed by atoms with E-state index in [2.05, 4.69) is 15.0 Å². The van der Waals surface area contributed by atoms with Crippen molar-refractivity contribution in [3.8, 4) is 0 Å².